The van der Waals surface area contributed by atoms with Gasteiger partial charge in [-0.25, -0.2) is 0 Å². The van der Waals surface area contributed by atoms with Crippen molar-refractivity contribution in [2.45, 2.75) is 98.7 Å². The van der Waals surface area contributed by atoms with Crippen LogP contribution < -0.4 is 14.9 Å². The number of rotatable bonds is 13. The Morgan fingerprint density at radius 3 is 2.17 bits per heavy atom. The molecule has 0 saturated carbocycles. The molecular formula is C42H48O22. The molecule has 12 N–H and O–H groups in total. The summed E-state index contributed by atoms with van der Waals surface area (Å²) in [6.45, 7) is -2.18. The molecule has 64 heavy (non-hydrogen) atoms. The molecule has 7 rings (SSSR count). The second-order valence-corrected chi connectivity index (χ2v) is 15.5. The second-order valence-electron chi connectivity index (χ2n) is 15.5. The Hall–Kier alpha value is -5.18. The van der Waals surface area contributed by atoms with E-state index < -0.39 is 139 Å². The van der Waals surface area contributed by atoms with Crippen molar-refractivity contribution in [3.05, 3.63) is 75.9 Å². The average molecular weight is 905 g/mol. The fourth-order valence-electron chi connectivity index (χ4n) is 7.61. The van der Waals surface area contributed by atoms with E-state index in [9.17, 15) is 70.9 Å². The number of aryl methyl sites for hydroxylation is 1. The maximum atomic E-state index is 13.8. The summed E-state index contributed by atoms with van der Waals surface area (Å²) in [5.41, 5.74) is -0.887. The minimum absolute atomic E-state index is 0.0623. The van der Waals surface area contributed by atoms with E-state index >= 15 is 0 Å². The van der Waals surface area contributed by atoms with E-state index in [0.29, 0.717) is 11.1 Å². The number of aromatic hydroxyl groups is 3. The van der Waals surface area contributed by atoms with Gasteiger partial charge in [0, 0.05) is 24.1 Å². The highest BCUT2D eigenvalue weighted by Gasteiger charge is 2.52. The molecule has 4 aromatic rings. The number of esters is 1. The van der Waals surface area contributed by atoms with Crippen LogP contribution in [0.1, 0.15) is 23.7 Å². The predicted octanol–water partition coefficient (Wildman–Crippen LogP) is -2.07. The minimum Gasteiger partial charge on any atom is -0.508 e. The summed E-state index contributed by atoms with van der Waals surface area (Å²) in [5.74, 6) is -2.39. The number of benzene rings is 3. The van der Waals surface area contributed by atoms with Crippen molar-refractivity contribution in [2.24, 2.45) is 0 Å². The minimum atomic E-state index is -2.08. The Morgan fingerprint density at radius 2 is 1.47 bits per heavy atom. The largest absolute Gasteiger partial charge is 0.508 e. The molecule has 3 aliphatic heterocycles. The number of phenolic OH excluding ortho intramolecular Hbond substituents is 3. The van der Waals surface area contributed by atoms with Crippen molar-refractivity contribution < 1.29 is 104 Å². The van der Waals surface area contributed by atoms with Gasteiger partial charge in [0.2, 0.25) is 6.29 Å². The maximum Gasteiger partial charge on any atom is 0.306 e. The van der Waals surface area contributed by atoms with E-state index in [-0.39, 0.29) is 41.4 Å². The molecule has 0 aliphatic carbocycles. The molecule has 0 unspecified atom stereocenters. The molecule has 1 aromatic heterocycles. The first kappa shape index (κ1) is 46.8. The highest BCUT2D eigenvalue weighted by molar-refractivity contribution is 5.88. The van der Waals surface area contributed by atoms with Gasteiger partial charge in [-0.1, -0.05) is 6.07 Å². The summed E-state index contributed by atoms with van der Waals surface area (Å²) in [7, 11) is 1.36. The van der Waals surface area contributed by atoms with Crippen LogP contribution in [-0.4, -0.2) is 174 Å². The first-order chi connectivity index (χ1) is 30.5. The molecule has 22 nitrogen and oxygen atoms in total. The summed E-state index contributed by atoms with van der Waals surface area (Å²) in [6.07, 6.45) is -26.1. The fourth-order valence-corrected chi connectivity index (χ4v) is 7.61. The quantitative estimate of drug-likeness (QED) is 0.0641. The Balaban J connectivity index is 1.25. The third kappa shape index (κ3) is 9.46. The lowest BCUT2D eigenvalue weighted by Crippen LogP contribution is -2.61. The number of methoxy groups -OCH3 is 1. The van der Waals surface area contributed by atoms with Crippen molar-refractivity contribution in [1.29, 1.82) is 0 Å². The monoisotopic (exact) mass is 904 g/mol. The average Bonchev–Trinajstić information content (AvgIpc) is 3.27. The van der Waals surface area contributed by atoms with Gasteiger partial charge >= 0.3 is 5.97 Å². The van der Waals surface area contributed by atoms with Crippen molar-refractivity contribution in [3.8, 4) is 40.1 Å². The van der Waals surface area contributed by atoms with Gasteiger partial charge < -0.3 is 98.9 Å². The zero-order valence-electron chi connectivity index (χ0n) is 33.8. The Bertz CT molecular complexity index is 2320. The lowest BCUT2D eigenvalue weighted by Gasteiger charge is -2.45. The first-order valence-corrected chi connectivity index (χ1v) is 20.0. The van der Waals surface area contributed by atoms with Gasteiger partial charge in [0.05, 0.1) is 25.9 Å². The smallest absolute Gasteiger partial charge is 0.306 e. The van der Waals surface area contributed by atoms with Crippen LogP contribution in [0.3, 0.4) is 0 Å². The van der Waals surface area contributed by atoms with Crippen molar-refractivity contribution in [3.63, 3.8) is 0 Å². The van der Waals surface area contributed by atoms with Gasteiger partial charge in [0.25, 0.3) is 0 Å². The Kier molecular flexibility index (Phi) is 14.3. The summed E-state index contributed by atoms with van der Waals surface area (Å²) in [4.78, 5) is 26.6. The SMILES string of the molecule is COc1cc(CCC(=O)OC[C@@H]2O[C@H](Oc3cc4oc(-c5ccc(O)cc5)cc(=O)c4c(O)c3[C@H]3O[C@@H](CO)[C@H](O)[C@@H](O)[C@@H]3O[C@H]3OC[C@@H](O)[C@@H](O)[C@@H]3O)[C@@H](O)[C@H](O)[C@H]2O)ccc1O. The lowest BCUT2D eigenvalue weighted by atomic mass is 9.89. The third-order valence-corrected chi connectivity index (χ3v) is 11.2. The van der Waals surface area contributed by atoms with Crippen LogP contribution in [0.4, 0.5) is 0 Å². The van der Waals surface area contributed by atoms with Crippen LogP contribution in [0.2, 0.25) is 0 Å². The zero-order valence-corrected chi connectivity index (χ0v) is 33.8. The van der Waals surface area contributed by atoms with Crippen LogP contribution in [0.15, 0.2) is 63.8 Å². The van der Waals surface area contributed by atoms with Gasteiger partial charge in [-0.15, -0.1) is 0 Å². The molecule has 3 fully saturated rings. The summed E-state index contributed by atoms with van der Waals surface area (Å²) < 4.78 is 45.5. The van der Waals surface area contributed by atoms with E-state index in [1.807, 2.05) is 0 Å². The van der Waals surface area contributed by atoms with Crippen molar-refractivity contribution in [2.75, 3.05) is 26.9 Å². The second kappa shape index (κ2) is 19.5. The molecule has 3 aromatic carbocycles. The standard InChI is InChI=1S/C42H48O22/c1-57-23-10-16(2-8-19(23)45)3-9-28(48)58-15-27-33(51)35(53)38(56)42(63-27)62-25-12-24-29(20(46)11-22(60-24)17-4-6-18(44)7-5-17)34(52)30(25)39-40(36(54)32(50)26(13-43)61-39)64-41-37(55)31(49)21(47)14-59-41/h2,4-8,10-12,21,26-27,31-33,35-45,47,49-56H,3,9,13-15H2,1H3/t21-,26+,27+,31-,32+,33+,35-,36-,37+,38+,39-,40+,41-,42+/m1/s1. The molecule has 22 heteroatoms. The molecule has 0 amide bonds. The molecule has 0 spiro atoms. The van der Waals surface area contributed by atoms with Gasteiger partial charge in [-0.05, 0) is 48.4 Å². The van der Waals surface area contributed by atoms with E-state index in [4.69, 9.17) is 37.6 Å². The topological polar surface area (TPSA) is 355 Å². The van der Waals surface area contributed by atoms with Crippen molar-refractivity contribution in [1.82, 2.24) is 0 Å². The number of aliphatic hydroxyl groups excluding tert-OH is 9. The first-order valence-electron chi connectivity index (χ1n) is 20.0. The normalized spacial score (nSPS) is 32.0. The summed E-state index contributed by atoms with van der Waals surface area (Å²) >= 11 is 0. The van der Waals surface area contributed by atoms with Gasteiger partial charge in [-0.3, -0.25) is 9.59 Å². The van der Waals surface area contributed by atoms with Crippen LogP contribution >= 0.6 is 0 Å². The molecule has 14 atom stereocenters. The number of carbonyl (C=O) groups excluding carboxylic acids is 1. The fraction of sp³-hybridized carbons (Fsp3) is 0.476. The molecule has 0 bridgehead atoms. The predicted molar refractivity (Wildman–Crippen MR) is 212 cm³/mol. The van der Waals surface area contributed by atoms with E-state index in [2.05, 4.69) is 0 Å². The lowest BCUT2D eigenvalue weighted by molar-refractivity contribution is -0.325. The number of fused-ring (bicyclic) bond motifs is 1. The van der Waals surface area contributed by atoms with Gasteiger partial charge in [0.15, 0.2) is 23.2 Å². The molecule has 3 aliphatic rings. The molecule has 3 saturated heterocycles. The van der Waals surface area contributed by atoms with Gasteiger partial charge in [-0.2, -0.15) is 0 Å². The number of aliphatic hydroxyl groups is 9. The summed E-state index contributed by atoms with van der Waals surface area (Å²) in [6, 6.07) is 12.0. The number of ether oxygens (including phenoxy) is 7. The van der Waals surface area contributed by atoms with E-state index in [1.54, 1.807) is 6.07 Å². The highest BCUT2D eigenvalue weighted by Crippen LogP contribution is 2.47. The molecule has 4 heterocycles. The van der Waals surface area contributed by atoms with Crippen LogP contribution in [0.25, 0.3) is 22.3 Å². The molecule has 0 radical (unpaired) electrons. The molecular weight excluding hydrogens is 856 g/mol. The van der Waals surface area contributed by atoms with E-state index in [0.717, 1.165) is 12.1 Å². The third-order valence-electron chi connectivity index (χ3n) is 11.2. The van der Waals surface area contributed by atoms with Crippen molar-refractivity contribution >= 4 is 16.9 Å². The maximum absolute atomic E-state index is 13.8. The van der Waals surface area contributed by atoms with Crippen LogP contribution in [-0.2, 0) is 34.9 Å². The number of hydrogen-bond acceptors (Lipinski definition) is 22. The van der Waals surface area contributed by atoms with Gasteiger partial charge in [0.1, 0.15) is 114 Å². The zero-order chi connectivity index (χ0) is 46.1. The Morgan fingerprint density at radius 1 is 0.766 bits per heavy atom. The van der Waals surface area contributed by atoms with E-state index in [1.165, 1.54) is 43.5 Å². The number of hydrogen-bond donors (Lipinski definition) is 12. The van der Waals surface area contributed by atoms with Crippen LogP contribution in [0, 0.1) is 0 Å². The number of phenols is 3. The molecule has 348 valence electrons. The Labute approximate surface area is 361 Å². The number of carbonyl (C=O) groups is 1. The highest BCUT2D eigenvalue weighted by atomic mass is 16.7. The summed E-state index contributed by atoms with van der Waals surface area (Å²) in [5, 5.41) is 128. The van der Waals surface area contributed by atoms with Crippen LogP contribution in [0.5, 0.6) is 28.7 Å².